The minimum absolute atomic E-state index is 0.0457. The van der Waals surface area contributed by atoms with Gasteiger partial charge in [0, 0.05) is 25.6 Å². The van der Waals surface area contributed by atoms with Crippen molar-refractivity contribution >= 4 is 15.9 Å². The number of amides is 1. The Kier molecular flexibility index (Phi) is 6.18. The van der Waals surface area contributed by atoms with E-state index in [9.17, 15) is 13.2 Å². The Morgan fingerprint density at radius 2 is 1.74 bits per heavy atom. The molecule has 1 N–H and O–H groups in total. The van der Waals surface area contributed by atoms with Crippen molar-refractivity contribution in [1.29, 1.82) is 0 Å². The zero-order chi connectivity index (χ0) is 16.9. The van der Waals surface area contributed by atoms with Gasteiger partial charge in [-0.25, -0.2) is 13.1 Å². The second-order valence-corrected chi connectivity index (χ2v) is 8.00. The van der Waals surface area contributed by atoms with Gasteiger partial charge in [-0.1, -0.05) is 31.2 Å². The number of piperidine rings is 1. The van der Waals surface area contributed by atoms with Gasteiger partial charge >= 0.3 is 0 Å². The van der Waals surface area contributed by atoms with Crippen molar-refractivity contribution in [2.45, 2.75) is 45.1 Å². The van der Waals surface area contributed by atoms with Crippen molar-refractivity contribution in [3.63, 3.8) is 0 Å². The summed E-state index contributed by atoms with van der Waals surface area (Å²) < 4.78 is 25.1. The van der Waals surface area contributed by atoms with Crippen molar-refractivity contribution in [2.75, 3.05) is 19.3 Å². The number of aryl methyl sites for hydroxylation is 2. The van der Waals surface area contributed by atoms with Crippen LogP contribution in [0.15, 0.2) is 24.3 Å². The van der Waals surface area contributed by atoms with Crippen LogP contribution in [0.3, 0.4) is 0 Å². The molecule has 1 saturated heterocycles. The highest BCUT2D eigenvalue weighted by molar-refractivity contribution is 7.88. The molecule has 6 heteroatoms. The first-order valence-corrected chi connectivity index (χ1v) is 10.1. The molecule has 1 amide bonds. The normalized spacial score (nSPS) is 16.5. The monoisotopic (exact) mass is 338 g/mol. The van der Waals surface area contributed by atoms with E-state index < -0.39 is 10.0 Å². The zero-order valence-corrected chi connectivity index (χ0v) is 14.7. The van der Waals surface area contributed by atoms with Crippen molar-refractivity contribution < 1.29 is 13.2 Å². The van der Waals surface area contributed by atoms with E-state index in [0.29, 0.717) is 32.4 Å². The number of hydrogen-bond donors (Lipinski definition) is 1. The van der Waals surface area contributed by atoms with E-state index in [1.165, 1.54) is 17.4 Å². The molecule has 1 aliphatic rings. The van der Waals surface area contributed by atoms with Crippen LogP contribution in [0, 0.1) is 0 Å². The molecule has 23 heavy (non-hydrogen) atoms. The highest BCUT2D eigenvalue weighted by Crippen LogP contribution is 2.14. The van der Waals surface area contributed by atoms with Gasteiger partial charge in [0.1, 0.15) is 0 Å². The maximum absolute atomic E-state index is 12.3. The molecular formula is C17H26N2O3S. The predicted octanol–water partition coefficient (Wildman–Crippen LogP) is 1.72. The first-order chi connectivity index (χ1) is 10.9. The van der Waals surface area contributed by atoms with E-state index in [4.69, 9.17) is 0 Å². The molecule has 0 aromatic heterocycles. The van der Waals surface area contributed by atoms with E-state index in [2.05, 4.69) is 35.9 Å². The number of likely N-dealkylation sites (tertiary alicyclic amines) is 1. The summed E-state index contributed by atoms with van der Waals surface area (Å²) in [6.45, 7) is 3.38. The molecule has 1 heterocycles. The van der Waals surface area contributed by atoms with Crippen LogP contribution in [0.1, 0.15) is 37.3 Å². The Labute approximate surface area is 139 Å². The lowest BCUT2D eigenvalue weighted by Gasteiger charge is -2.32. The van der Waals surface area contributed by atoms with Gasteiger partial charge in [-0.2, -0.15) is 0 Å². The first-order valence-electron chi connectivity index (χ1n) is 8.20. The fraction of sp³-hybridized carbons (Fsp3) is 0.588. The van der Waals surface area contributed by atoms with Crippen LogP contribution in [-0.4, -0.2) is 44.6 Å². The molecule has 0 saturated carbocycles. The second-order valence-electron chi connectivity index (χ2n) is 6.22. The molecule has 0 unspecified atom stereocenters. The number of carbonyl (C=O) groups is 1. The molecule has 1 aliphatic heterocycles. The third kappa shape index (κ3) is 5.95. The van der Waals surface area contributed by atoms with E-state index in [1.807, 2.05) is 4.90 Å². The number of hydrogen-bond acceptors (Lipinski definition) is 3. The molecular weight excluding hydrogens is 312 g/mol. The molecule has 1 aromatic rings. The van der Waals surface area contributed by atoms with E-state index >= 15 is 0 Å². The quantitative estimate of drug-likeness (QED) is 0.859. The highest BCUT2D eigenvalue weighted by atomic mass is 32.2. The summed E-state index contributed by atoms with van der Waals surface area (Å²) >= 11 is 0. The molecule has 0 atom stereocenters. The number of nitrogens with one attached hydrogen (secondary N) is 1. The second kappa shape index (κ2) is 7.93. The Morgan fingerprint density at radius 1 is 1.17 bits per heavy atom. The van der Waals surface area contributed by atoms with Gasteiger partial charge in [0.25, 0.3) is 0 Å². The topological polar surface area (TPSA) is 66.5 Å². The van der Waals surface area contributed by atoms with Crippen molar-refractivity contribution in [2.24, 2.45) is 0 Å². The minimum atomic E-state index is -3.17. The molecule has 1 aromatic carbocycles. The minimum Gasteiger partial charge on any atom is -0.343 e. The van der Waals surface area contributed by atoms with Crippen molar-refractivity contribution in [3.05, 3.63) is 35.4 Å². The van der Waals surface area contributed by atoms with Gasteiger partial charge < -0.3 is 4.90 Å². The average Bonchev–Trinajstić information content (AvgIpc) is 2.52. The van der Waals surface area contributed by atoms with Crippen LogP contribution in [0.5, 0.6) is 0 Å². The van der Waals surface area contributed by atoms with Crippen LogP contribution >= 0.6 is 0 Å². The zero-order valence-electron chi connectivity index (χ0n) is 13.9. The number of benzene rings is 1. The Balaban J connectivity index is 1.76. The fourth-order valence-electron chi connectivity index (χ4n) is 2.90. The predicted molar refractivity (Wildman–Crippen MR) is 91.7 cm³/mol. The lowest BCUT2D eigenvalue weighted by atomic mass is 10.0. The van der Waals surface area contributed by atoms with E-state index in [-0.39, 0.29) is 11.9 Å². The molecule has 1 fully saturated rings. The maximum atomic E-state index is 12.3. The molecule has 5 nitrogen and oxygen atoms in total. The van der Waals surface area contributed by atoms with Gasteiger partial charge in [0.2, 0.25) is 15.9 Å². The smallest absolute Gasteiger partial charge is 0.222 e. The van der Waals surface area contributed by atoms with Gasteiger partial charge in [-0.15, -0.1) is 0 Å². The third-order valence-electron chi connectivity index (χ3n) is 4.29. The van der Waals surface area contributed by atoms with Crippen molar-refractivity contribution in [1.82, 2.24) is 9.62 Å². The van der Waals surface area contributed by atoms with Gasteiger partial charge in [0.15, 0.2) is 0 Å². The summed E-state index contributed by atoms with van der Waals surface area (Å²) in [5, 5.41) is 0. The summed E-state index contributed by atoms with van der Waals surface area (Å²) in [7, 11) is -3.17. The Hall–Kier alpha value is -1.40. The SMILES string of the molecule is CCc1ccc(CCC(=O)N2CCC(NS(C)(=O)=O)CC2)cc1. The summed E-state index contributed by atoms with van der Waals surface area (Å²) in [5.74, 6) is 0.155. The molecule has 0 spiro atoms. The lowest BCUT2D eigenvalue weighted by molar-refractivity contribution is -0.132. The summed E-state index contributed by atoms with van der Waals surface area (Å²) in [6.07, 6.45) is 4.83. The summed E-state index contributed by atoms with van der Waals surface area (Å²) in [6, 6.07) is 8.36. The van der Waals surface area contributed by atoms with Crippen LogP contribution in [0.2, 0.25) is 0 Å². The fourth-order valence-corrected chi connectivity index (χ4v) is 3.74. The molecule has 0 bridgehead atoms. The Bertz CT molecular complexity index is 618. The average molecular weight is 338 g/mol. The number of nitrogens with zero attached hydrogens (tertiary/aromatic N) is 1. The standard InChI is InChI=1S/C17H26N2O3S/c1-3-14-4-6-15(7-5-14)8-9-17(20)19-12-10-16(11-13-19)18-23(2,21)22/h4-7,16,18H,3,8-13H2,1-2H3. The number of carbonyl (C=O) groups excluding carboxylic acids is 1. The lowest BCUT2D eigenvalue weighted by Crippen LogP contribution is -2.46. The van der Waals surface area contributed by atoms with Crippen LogP contribution in [0.25, 0.3) is 0 Å². The molecule has 0 aliphatic carbocycles. The third-order valence-corrected chi connectivity index (χ3v) is 5.05. The largest absolute Gasteiger partial charge is 0.343 e. The summed E-state index contributed by atoms with van der Waals surface area (Å²) in [5.41, 5.74) is 2.49. The Morgan fingerprint density at radius 3 is 2.26 bits per heavy atom. The molecule has 128 valence electrons. The first kappa shape index (κ1) is 17.9. The van der Waals surface area contributed by atoms with Gasteiger partial charge in [-0.3, -0.25) is 4.79 Å². The molecule has 0 radical (unpaired) electrons. The van der Waals surface area contributed by atoms with Gasteiger partial charge in [0.05, 0.1) is 6.26 Å². The summed E-state index contributed by atoms with van der Waals surface area (Å²) in [4.78, 5) is 14.1. The van der Waals surface area contributed by atoms with Gasteiger partial charge in [-0.05, 0) is 36.8 Å². The number of rotatable bonds is 6. The highest BCUT2D eigenvalue weighted by Gasteiger charge is 2.24. The molecule has 2 rings (SSSR count). The van der Waals surface area contributed by atoms with Crippen LogP contribution in [0.4, 0.5) is 0 Å². The van der Waals surface area contributed by atoms with Crippen LogP contribution in [-0.2, 0) is 27.7 Å². The van der Waals surface area contributed by atoms with Crippen molar-refractivity contribution in [3.8, 4) is 0 Å². The maximum Gasteiger partial charge on any atom is 0.222 e. The number of sulfonamides is 1. The van der Waals surface area contributed by atoms with Crippen LogP contribution < -0.4 is 4.72 Å². The van der Waals surface area contributed by atoms with E-state index in [0.717, 1.165) is 12.8 Å². The van der Waals surface area contributed by atoms with E-state index in [1.54, 1.807) is 0 Å².